The molecule has 0 saturated carbocycles. The van der Waals surface area contributed by atoms with E-state index in [4.69, 9.17) is 0 Å². The van der Waals surface area contributed by atoms with Crippen molar-refractivity contribution < 1.29 is 18.3 Å². The van der Waals surface area contributed by atoms with E-state index in [1.165, 1.54) is 12.1 Å². The van der Waals surface area contributed by atoms with Crippen LogP contribution in [-0.4, -0.2) is 45.3 Å². The van der Waals surface area contributed by atoms with Gasteiger partial charge in [0, 0.05) is 31.0 Å². The van der Waals surface area contributed by atoms with Gasteiger partial charge in [-0.15, -0.1) is 0 Å². The third-order valence-electron chi connectivity index (χ3n) is 4.57. The molecule has 0 radical (unpaired) electrons. The molecule has 7 heteroatoms. The Morgan fingerprint density at radius 2 is 1.79 bits per heavy atom. The van der Waals surface area contributed by atoms with Crippen molar-refractivity contribution in [2.24, 2.45) is 0 Å². The molecule has 1 N–H and O–H groups in total. The number of likely N-dealkylation sites (tertiary alicyclic amines) is 1. The summed E-state index contributed by atoms with van der Waals surface area (Å²) in [6.07, 6.45) is 0.327. The van der Waals surface area contributed by atoms with E-state index in [9.17, 15) is 18.3 Å². The van der Waals surface area contributed by atoms with E-state index in [0.29, 0.717) is 30.8 Å². The maximum Gasteiger partial charge on any atom is 0.416 e. The summed E-state index contributed by atoms with van der Waals surface area (Å²) in [7, 11) is 2.02. The van der Waals surface area contributed by atoms with E-state index in [1.54, 1.807) is 12.4 Å². The molecule has 1 fully saturated rings. The van der Waals surface area contributed by atoms with Gasteiger partial charge in [-0.25, -0.2) is 4.98 Å². The quantitative estimate of drug-likeness (QED) is 0.935. The van der Waals surface area contributed by atoms with Gasteiger partial charge in [0.05, 0.1) is 17.7 Å². The van der Waals surface area contributed by atoms with Crippen molar-refractivity contribution in [3.63, 3.8) is 0 Å². The average molecular weight is 339 g/mol. The largest absolute Gasteiger partial charge is 0.416 e. The summed E-state index contributed by atoms with van der Waals surface area (Å²) in [5.74, 6) is 0.566. The van der Waals surface area contributed by atoms with E-state index in [-0.39, 0.29) is 0 Å². The van der Waals surface area contributed by atoms with Crippen LogP contribution in [0.15, 0.2) is 36.7 Å². The lowest BCUT2D eigenvalue weighted by Crippen LogP contribution is -2.45. The van der Waals surface area contributed by atoms with Gasteiger partial charge in [0.15, 0.2) is 0 Å². The zero-order chi connectivity index (χ0) is 17.4. The minimum absolute atomic E-state index is 0.386. The molecule has 1 aliphatic rings. The van der Waals surface area contributed by atoms with Crippen LogP contribution in [0, 0.1) is 0 Å². The summed E-state index contributed by atoms with van der Waals surface area (Å²) in [5, 5.41) is 10.8. The monoisotopic (exact) mass is 339 g/mol. The first-order chi connectivity index (χ1) is 11.3. The van der Waals surface area contributed by atoms with Crippen LogP contribution in [0.1, 0.15) is 18.4 Å². The molecule has 0 unspecified atom stereocenters. The highest BCUT2D eigenvalue weighted by molar-refractivity contribution is 5.56. The molecular weight excluding hydrogens is 319 g/mol. The summed E-state index contributed by atoms with van der Waals surface area (Å²) in [6, 6.07) is 4.94. The molecule has 4 nitrogen and oxygen atoms in total. The van der Waals surface area contributed by atoms with Crippen LogP contribution in [0.2, 0.25) is 0 Å². The highest BCUT2D eigenvalue weighted by atomic mass is 19.4. The lowest BCUT2D eigenvalue weighted by atomic mass is 9.91. The van der Waals surface area contributed by atoms with Gasteiger partial charge in [-0.3, -0.25) is 0 Å². The Bertz CT molecular complexity index is 686. The molecule has 1 aliphatic heterocycles. The molecule has 0 atom stereocenters. The predicted octanol–water partition coefficient (Wildman–Crippen LogP) is 3.03. The number of benzene rings is 1. The zero-order valence-corrected chi connectivity index (χ0v) is 13.4. The smallest absolute Gasteiger partial charge is 0.388 e. The predicted molar refractivity (Wildman–Crippen MR) is 84.3 cm³/mol. The van der Waals surface area contributed by atoms with Crippen molar-refractivity contribution in [1.82, 2.24) is 14.5 Å². The number of nitrogens with zero attached hydrogens (tertiary/aromatic N) is 3. The maximum atomic E-state index is 12.7. The number of hydrogen-bond acceptors (Lipinski definition) is 3. The zero-order valence-electron chi connectivity index (χ0n) is 13.4. The molecule has 0 aliphatic carbocycles. The Morgan fingerprint density at radius 1 is 1.17 bits per heavy atom. The molecule has 0 spiro atoms. The van der Waals surface area contributed by atoms with Crippen molar-refractivity contribution in [3.05, 3.63) is 42.2 Å². The Morgan fingerprint density at radius 3 is 2.38 bits per heavy atom. The van der Waals surface area contributed by atoms with Crippen LogP contribution in [-0.2, 0) is 12.7 Å². The molecular formula is C17H20F3N3O. The van der Waals surface area contributed by atoms with E-state index in [0.717, 1.165) is 25.2 Å². The van der Waals surface area contributed by atoms with Gasteiger partial charge in [-0.05, 0) is 32.0 Å². The number of imidazole rings is 1. The maximum absolute atomic E-state index is 12.7. The van der Waals surface area contributed by atoms with Gasteiger partial charge in [-0.2, -0.15) is 13.2 Å². The van der Waals surface area contributed by atoms with E-state index in [2.05, 4.69) is 9.88 Å². The molecule has 1 saturated heterocycles. The number of hydrogen-bond donors (Lipinski definition) is 1. The highest BCUT2D eigenvalue weighted by Gasteiger charge is 2.33. The summed E-state index contributed by atoms with van der Waals surface area (Å²) in [6.45, 7) is 2.03. The Kier molecular flexibility index (Phi) is 4.40. The number of aliphatic hydroxyl groups is 1. The molecule has 1 aromatic carbocycles. The van der Waals surface area contributed by atoms with Crippen molar-refractivity contribution in [3.8, 4) is 11.4 Å². The second-order valence-electron chi connectivity index (χ2n) is 6.48. The fraction of sp³-hybridized carbons (Fsp3) is 0.471. The molecule has 2 aromatic rings. The van der Waals surface area contributed by atoms with Gasteiger partial charge in [0.1, 0.15) is 5.82 Å². The fourth-order valence-corrected chi connectivity index (χ4v) is 3.02. The first-order valence-electron chi connectivity index (χ1n) is 7.87. The van der Waals surface area contributed by atoms with Crippen molar-refractivity contribution in [2.45, 2.75) is 31.2 Å². The van der Waals surface area contributed by atoms with Gasteiger partial charge in [-0.1, -0.05) is 12.1 Å². The minimum atomic E-state index is -4.35. The minimum Gasteiger partial charge on any atom is -0.388 e. The molecule has 3 rings (SSSR count). The van der Waals surface area contributed by atoms with Gasteiger partial charge < -0.3 is 14.6 Å². The molecule has 2 heterocycles. The van der Waals surface area contributed by atoms with Crippen molar-refractivity contribution in [2.75, 3.05) is 20.1 Å². The van der Waals surface area contributed by atoms with Gasteiger partial charge >= 0.3 is 6.18 Å². The third-order valence-corrected chi connectivity index (χ3v) is 4.57. The van der Waals surface area contributed by atoms with E-state index >= 15 is 0 Å². The van der Waals surface area contributed by atoms with Crippen LogP contribution in [0.5, 0.6) is 0 Å². The Hall–Kier alpha value is -1.86. The molecule has 130 valence electrons. The van der Waals surface area contributed by atoms with Gasteiger partial charge in [0.25, 0.3) is 0 Å². The van der Waals surface area contributed by atoms with Crippen LogP contribution in [0.25, 0.3) is 11.4 Å². The average Bonchev–Trinajstić information content (AvgIpc) is 2.97. The summed E-state index contributed by atoms with van der Waals surface area (Å²) in [5.41, 5.74) is -0.892. The normalized spacial score (nSPS) is 18.7. The number of halogens is 3. The molecule has 0 bridgehead atoms. The summed E-state index contributed by atoms with van der Waals surface area (Å²) in [4.78, 5) is 6.42. The lowest BCUT2D eigenvalue weighted by Gasteiger charge is -2.37. The van der Waals surface area contributed by atoms with Crippen molar-refractivity contribution in [1.29, 1.82) is 0 Å². The molecule has 1 aromatic heterocycles. The first-order valence-corrected chi connectivity index (χ1v) is 7.87. The number of rotatable bonds is 3. The lowest BCUT2D eigenvalue weighted by molar-refractivity contribution is -0.137. The first kappa shape index (κ1) is 17.0. The van der Waals surface area contributed by atoms with E-state index in [1.807, 2.05) is 11.6 Å². The standard InChI is InChI=1S/C17H20F3N3O/c1-22-9-6-16(24,7-10-22)12-23-11-8-21-15(23)13-2-4-14(5-3-13)17(18,19)20/h2-5,8,11,24H,6-7,9-10,12H2,1H3. The van der Waals surface area contributed by atoms with Crippen LogP contribution >= 0.6 is 0 Å². The SMILES string of the molecule is CN1CCC(O)(Cn2ccnc2-c2ccc(C(F)(F)F)cc2)CC1. The van der Waals surface area contributed by atoms with Crippen molar-refractivity contribution >= 4 is 0 Å². The van der Waals surface area contributed by atoms with E-state index < -0.39 is 17.3 Å². The van der Waals surface area contributed by atoms with Gasteiger partial charge in [0.2, 0.25) is 0 Å². The fourth-order valence-electron chi connectivity index (χ4n) is 3.02. The number of alkyl halides is 3. The highest BCUT2D eigenvalue weighted by Crippen LogP contribution is 2.31. The topological polar surface area (TPSA) is 41.3 Å². The molecule has 0 amide bonds. The van der Waals surface area contributed by atoms with Crippen LogP contribution in [0.3, 0.4) is 0 Å². The number of aromatic nitrogens is 2. The van der Waals surface area contributed by atoms with Crippen LogP contribution < -0.4 is 0 Å². The summed E-state index contributed by atoms with van der Waals surface area (Å²) >= 11 is 0. The third kappa shape index (κ3) is 3.62. The Labute approximate surface area is 138 Å². The second-order valence-corrected chi connectivity index (χ2v) is 6.48. The molecule has 24 heavy (non-hydrogen) atoms. The Balaban J connectivity index is 1.80. The second kappa shape index (κ2) is 6.22. The van der Waals surface area contributed by atoms with Crippen LogP contribution in [0.4, 0.5) is 13.2 Å². The summed E-state index contributed by atoms with van der Waals surface area (Å²) < 4.78 is 39.8. The number of piperidine rings is 1.